The van der Waals surface area contributed by atoms with Gasteiger partial charge in [0.05, 0.1) is 11.5 Å². The highest BCUT2D eigenvalue weighted by atomic mass is 32.2. The molecule has 0 N–H and O–H groups in total. The Balaban J connectivity index is 2.64. The first-order chi connectivity index (χ1) is 7.93. The zero-order chi connectivity index (χ0) is 12.9. The molecular formula is C12H16O4S. The van der Waals surface area contributed by atoms with Gasteiger partial charge in [0.25, 0.3) is 10.1 Å². The highest BCUT2D eigenvalue weighted by Gasteiger charge is 2.16. The van der Waals surface area contributed by atoms with Gasteiger partial charge in [-0.05, 0) is 31.9 Å². The van der Waals surface area contributed by atoms with Crippen LogP contribution in [0.4, 0.5) is 0 Å². The maximum absolute atomic E-state index is 11.8. The molecule has 4 nitrogen and oxygen atoms in total. The van der Waals surface area contributed by atoms with Gasteiger partial charge in [-0.15, -0.1) is 0 Å². The third kappa shape index (κ3) is 4.28. The van der Waals surface area contributed by atoms with Crippen molar-refractivity contribution in [2.45, 2.75) is 31.6 Å². The highest BCUT2D eigenvalue weighted by Crippen LogP contribution is 2.16. The van der Waals surface area contributed by atoms with Crippen LogP contribution >= 0.6 is 0 Å². The van der Waals surface area contributed by atoms with E-state index in [-0.39, 0.29) is 17.3 Å². The fraction of sp³-hybridized carbons (Fsp3) is 0.417. The molecular weight excluding hydrogens is 240 g/mol. The van der Waals surface area contributed by atoms with Crippen LogP contribution in [0.25, 0.3) is 0 Å². The summed E-state index contributed by atoms with van der Waals surface area (Å²) in [6.45, 7) is 3.22. The first kappa shape index (κ1) is 13.9. The molecule has 17 heavy (non-hydrogen) atoms. The van der Waals surface area contributed by atoms with Gasteiger partial charge in [0.2, 0.25) is 0 Å². The molecule has 0 heterocycles. The molecule has 0 spiro atoms. The highest BCUT2D eigenvalue weighted by molar-refractivity contribution is 7.86. The monoisotopic (exact) mass is 256 g/mol. The molecule has 0 aliphatic heterocycles. The van der Waals surface area contributed by atoms with Crippen molar-refractivity contribution in [2.75, 3.05) is 6.61 Å². The van der Waals surface area contributed by atoms with Gasteiger partial charge in [0.1, 0.15) is 5.78 Å². The fourth-order valence-electron chi connectivity index (χ4n) is 1.39. The van der Waals surface area contributed by atoms with Crippen molar-refractivity contribution in [2.24, 2.45) is 0 Å². The minimum Gasteiger partial charge on any atom is -0.300 e. The van der Waals surface area contributed by atoms with Crippen molar-refractivity contribution >= 4 is 15.9 Å². The summed E-state index contributed by atoms with van der Waals surface area (Å²) in [5, 5.41) is 0. The first-order valence-electron chi connectivity index (χ1n) is 5.38. The molecule has 0 aromatic heterocycles. The number of Topliss-reactive ketones (excluding diaryl/α,β-unsaturated/α-hetero) is 1. The quantitative estimate of drug-likeness (QED) is 0.577. The largest absolute Gasteiger partial charge is 0.300 e. The molecule has 0 aliphatic carbocycles. The predicted molar refractivity (Wildman–Crippen MR) is 64.2 cm³/mol. The Morgan fingerprint density at radius 2 is 1.94 bits per heavy atom. The van der Waals surface area contributed by atoms with Gasteiger partial charge in [-0.25, -0.2) is 0 Å². The smallest absolute Gasteiger partial charge is 0.297 e. The molecule has 0 bridgehead atoms. The van der Waals surface area contributed by atoms with Gasteiger partial charge in [0.15, 0.2) is 0 Å². The van der Waals surface area contributed by atoms with E-state index in [1.165, 1.54) is 13.0 Å². The summed E-state index contributed by atoms with van der Waals surface area (Å²) in [6.07, 6.45) is 0.754. The lowest BCUT2D eigenvalue weighted by atomic mass is 10.2. The summed E-state index contributed by atoms with van der Waals surface area (Å²) in [5.74, 6) is 0.0295. The average molecular weight is 256 g/mol. The van der Waals surface area contributed by atoms with Gasteiger partial charge < -0.3 is 4.79 Å². The Hall–Kier alpha value is -1.20. The standard InChI is InChI=1S/C12H16O4S/c1-10-6-3-4-8-12(10)17(14,15)16-9-5-7-11(2)13/h3-4,6,8H,5,7,9H2,1-2H3. The van der Waals surface area contributed by atoms with Crippen molar-refractivity contribution in [3.63, 3.8) is 0 Å². The first-order valence-corrected chi connectivity index (χ1v) is 6.79. The van der Waals surface area contributed by atoms with E-state index in [0.29, 0.717) is 18.4 Å². The molecule has 1 rings (SSSR count). The Morgan fingerprint density at radius 3 is 2.53 bits per heavy atom. The molecule has 1 aromatic carbocycles. The van der Waals surface area contributed by atoms with Gasteiger partial charge in [-0.1, -0.05) is 18.2 Å². The number of hydrogen-bond acceptors (Lipinski definition) is 4. The number of carbonyl (C=O) groups is 1. The van der Waals surface area contributed by atoms with Gasteiger partial charge >= 0.3 is 0 Å². The summed E-state index contributed by atoms with van der Waals surface area (Å²) in [5.41, 5.74) is 0.652. The fourth-order valence-corrected chi connectivity index (χ4v) is 2.56. The van der Waals surface area contributed by atoms with Crippen molar-refractivity contribution in [1.29, 1.82) is 0 Å². The number of rotatable bonds is 6. The zero-order valence-corrected chi connectivity index (χ0v) is 10.8. The predicted octanol–water partition coefficient (Wildman–Crippen LogP) is 2.07. The van der Waals surface area contributed by atoms with Crippen molar-refractivity contribution in [1.82, 2.24) is 0 Å². The van der Waals surface area contributed by atoms with Crippen molar-refractivity contribution in [3.8, 4) is 0 Å². The second-order valence-corrected chi connectivity index (χ2v) is 5.43. The lowest BCUT2D eigenvalue weighted by molar-refractivity contribution is -0.117. The van der Waals surface area contributed by atoms with Crippen LogP contribution in [0, 0.1) is 6.92 Å². The minimum atomic E-state index is -3.70. The van der Waals surface area contributed by atoms with E-state index in [0.717, 1.165) is 0 Å². The summed E-state index contributed by atoms with van der Waals surface area (Å²) in [4.78, 5) is 10.9. The molecule has 0 atom stereocenters. The maximum Gasteiger partial charge on any atom is 0.297 e. The summed E-state index contributed by atoms with van der Waals surface area (Å²) in [7, 11) is -3.70. The number of hydrogen-bond donors (Lipinski definition) is 0. The molecule has 0 saturated carbocycles. The van der Waals surface area contributed by atoms with Crippen LogP contribution in [-0.4, -0.2) is 20.8 Å². The van der Waals surface area contributed by atoms with Crippen LogP contribution in [0.1, 0.15) is 25.3 Å². The molecule has 0 fully saturated rings. The van der Waals surface area contributed by atoms with E-state index in [1.807, 2.05) is 0 Å². The second kappa shape index (κ2) is 5.93. The Morgan fingerprint density at radius 1 is 1.29 bits per heavy atom. The van der Waals surface area contributed by atoms with Crippen LogP contribution in [0.15, 0.2) is 29.2 Å². The van der Waals surface area contributed by atoms with E-state index < -0.39 is 10.1 Å². The number of aryl methyl sites for hydroxylation is 1. The van der Waals surface area contributed by atoms with Crippen LogP contribution in [0.2, 0.25) is 0 Å². The van der Waals surface area contributed by atoms with Crippen LogP contribution in [-0.2, 0) is 19.1 Å². The molecule has 0 aliphatic rings. The Labute approximate surface area is 102 Å². The summed E-state index contributed by atoms with van der Waals surface area (Å²) >= 11 is 0. The Bertz CT molecular complexity index is 491. The average Bonchev–Trinajstić information content (AvgIpc) is 2.24. The van der Waals surface area contributed by atoms with Gasteiger partial charge in [-0.2, -0.15) is 8.42 Å². The molecule has 0 saturated heterocycles. The molecule has 0 unspecified atom stereocenters. The van der Waals surface area contributed by atoms with E-state index in [9.17, 15) is 13.2 Å². The van der Waals surface area contributed by atoms with E-state index in [2.05, 4.69) is 0 Å². The molecule has 0 radical (unpaired) electrons. The van der Waals surface area contributed by atoms with Crippen molar-refractivity contribution < 1.29 is 17.4 Å². The van der Waals surface area contributed by atoms with E-state index in [4.69, 9.17) is 4.18 Å². The summed E-state index contributed by atoms with van der Waals surface area (Å²) < 4.78 is 28.4. The van der Waals surface area contributed by atoms with E-state index in [1.54, 1.807) is 25.1 Å². The van der Waals surface area contributed by atoms with Crippen LogP contribution in [0.3, 0.4) is 0 Å². The van der Waals surface area contributed by atoms with Gasteiger partial charge in [0, 0.05) is 6.42 Å². The topological polar surface area (TPSA) is 60.4 Å². The molecule has 0 amide bonds. The normalized spacial score (nSPS) is 11.4. The third-order valence-electron chi connectivity index (χ3n) is 2.27. The van der Waals surface area contributed by atoms with Gasteiger partial charge in [-0.3, -0.25) is 4.18 Å². The molecule has 5 heteroatoms. The maximum atomic E-state index is 11.8. The summed E-state index contributed by atoms with van der Waals surface area (Å²) in [6, 6.07) is 6.64. The zero-order valence-electron chi connectivity index (χ0n) is 9.97. The third-order valence-corrected chi connectivity index (χ3v) is 3.75. The van der Waals surface area contributed by atoms with Crippen LogP contribution < -0.4 is 0 Å². The molecule has 94 valence electrons. The SMILES string of the molecule is CC(=O)CCCOS(=O)(=O)c1ccccc1C. The van der Waals surface area contributed by atoms with Crippen LogP contribution in [0.5, 0.6) is 0 Å². The Kier molecular flexibility index (Phi) is 4.84. The number of carbonyl (C=O) groups excluding carboxylic acids is 1. The number of ketones is 1. The second-order valence-electron chi connectivity index (χ2n) is 3.85. The molecule has 1 aromatic rings. The van der Waals surface area contributed by atoms with E-state index >= 15 is 0 Å². The lowest BCUT2D eigenvalue weighted by Crippen LogP contribution is -2.09. The number of benzene rings is 1. The lowest BCUT2D eigenvalue weighted by Gasteiger charge is -2.07. The van der Waals surface area contributed by atoms with Crippen molar-refractivity contribution in [3.05, 3.63) is 29.8 Å². The minimum absolute atomic E-state index is 0.0295.